The molecule has 1 amide bonds. The quantitative estimate of drug-likeness (QED) is 0.629. The molecule has 4 heteroatoms. The molecule has 0 unspecified atom stereocenters. The molecular formula is C25H34N2O2. The van der Waals surface area contributed by atoms with Gasteiger partial charge in [-0.1, -0.05) is 57.2 Å². The van der Waals surface area contributed by atoms with Crippen molar-refractivity contribution in [2.45, 2.75) is 58.6 Å². The normalized spacial score (nSPS) is 14.4. The fraction of sp³-hybridized carbons (Fsp3) is 0.480. The van der Waals surface area contributed by atoms with Crippen molar-refractivity contribution in [1.29, 1.82) is 0 Å². The van der Waals surface area contributed by atoms with E-state index in [1.165, 1.54) is 16.7 Å². The second-order valence-electron chi connectivity index (χ2n) is 8.89. The first-order chi connectivity index (χ1) is 13.9. The molecular weight excluding hydrogens is 360 g/mol. The minimum Gasteiger partial charge on any atom is -0.489 e. The Morgan fingerprint density at radius 1 is 1.00 bits per heavy atom. The summed E-state index contributed by atoms with van der Waals surface area (Å²) in [5, 5.41) is 3.46. The summed E-state index contributed by atoms with van der Waals surface area (Å²) < 4.78 is 5.92. The van der Waals surface area contributed by atoms with E-state index >= 15 is 0 Å². The summed E-state index contributed by atoms with van der Waals surface area (Å²) in [6, 6.07) is 16.9. The van der Waals surface area contributed by atoms with Crippen molar-refractivity contribution in [2.75, 3.05) is 19.6 Å². The lowest BCUT2D eigenvalue weighted by Gasteiger charge is -2.19. The van der Waals surface area contributed by atoms with E-state index in [2.05, 4.69) is 62.5 Å². The summed E-state index contributed by atoms with van der Waals surface area (Å²) in [5.74, 6) is 1.20. The number of likely N-dealkylation sites (tertiary alicyclic amines) is 1. The van der Waals surface area contributed by atoms with Crippen molar-refractivity contribution in [3.8, 4) is 5.75 Å². The number of benzene rings is 2. The van der Waals surface area contributed by atoms with Gasteiger partial charge in [-0.05, 0) is 53.6 Å². The minimum atomic E-state index is 0.175. The Morgan fingerprint density at radius 3 is 2.31 bits per heavy atom. The van der Waals surface area contributed by atoms with Crippen LogP contribution in [0.5, 0.6) is 5.75 Å². The Labute approximate surface area is 175 Å². The van der Waals surface area contributed by atoms with Gasteiger partial charge in [0.2, 0.25) is 5.91 Å². The van der Waals surface area contributed by atoms with Crippen LogP contribution in [0.4, 0.5) is 0 Å². The first-order valence-corrected chi connectivity index (χ1v) is 10.7. The zero-order chi connectivity index (χ0) is 20.7. The maximum atomic E-state index is 11.6. The number of ether oxygens (including phenoxy) is 1. The number of amides is 1. The Bertz CT molecular complexity index is 776. The molecule has 0 aromatic heterocycles. The summed E-state index contributed by atoms with van der Waals surface area (Å²) >= 11 is 0. The molecule has 2 aromatic rings. The van der Waals surface area contributed by atoms with Gasteiger partial charge in [0.15, 0.2) is 0 Å². The van der Waals surface area contributed by atoms with E-state index < -0.39 is 0 Å². The summed E-state index contributed by atoms with van der Waals surface area (Å²) in [6.45, 7) is 10.8. The van der Waals surface area contributed by atoms with Crippen LogP contribution in [-0.4, -0.2) is 30.4 Å². The zero-order valence-electron chi connectivity index (χ0n) is 18.0. The van der Waals surface area contributed by atoms with E-state index in [-0.39, 0.29) is 5.41 Å². The average molecular weight is 395 g/mol. The van der Waals surface area contributed by atoms with E-state index in [9.17, 15) is 4.79 Å². The lowest BCUT2D eigenvalue weighted by atomic mass is 9.87. The molecule has 0 saturated carbocycles. The Kier molecular flexibility index (Phi) is 7.32. The number of carbonyl (C=O) groups excluding carboxylic acids is 1. The third-order valence-corrected chi connectivity index (χ3v) is 5.43. The molecule has 1 aliphatic heterocycles. The lowest BCUT2D eigenvalue weighted by Crippen LogP contribution is -2.28. The second kappa shape index (κ2) is 9.93. The van der Waals surface area contributed by atoms with Crippen LogP contribution in [-0.2, 0) is 23.4 Å². The second-order valence-corrected chi connectivity index (χ2v) is 8.89. The zero-order valence-corrected chi connectivity index (χ0v) is 18.0. The number of hydrogen-bond acceptors (Lipinski definition) is 3. The number of nitrogens with one attached hydrogen (secondary N) is 1. The van der Waals surface area contributed by atoms with Crippen molar-refractivity contribution in [1.82, 2.24) is 10.2 Å². The third-order valence-electron chi connectivity index (χ3n) is 5.43. The van der Waals surface area contributed by atoms with E-state index in [0.29, 0.717) is 12.5 Å². The average Bonchev–Trinajstić information content (AvgIpc) is 3.11. The molecule has 0 bridgehead atoms. The molecule has 2 aromatic carbocycles. The summed E-state index contributed by atoms with van der Waals surface area (Å²) in [5.41, 5.74) is 3.93. The predicted octanol–water partition coefficient (Wildman–Crippen LogP) is 4.67. The highest BCUT2D eigenvalue weighted by atomic mass is 16.5. The maximum Gasteiger partial charge on any atom is 0.222 e. The molecule has 4 nitrogen and oxygen atoms in total. The van der Waals surface area contributed by atoms with Gasteiger partial charge < -0.3 is 15.0 Å². The van der Waals surface area contributed by atoms with Crippen LogP contribution in [0.25, 0.3) is 0 Å². The van der Waals surface area contributed by atoms with Gasteiger partial charge in [-0.3, -0.25) is 4.79 Å². The monoisotopic (exact) mass is 394 g/mol. The van der Waals surface area contributed by atoms with Gasteiger partial charge in [-0.25, -0.2) is 0 Å². The van der Waals surface area contributed by atoms with E-state index in [4.69, 9.17) is 4.74 Å². The Balaban J connectivity index is 1.36. The maximum absolute atomic E-state index is 11.6. The Morgan fingerprint density at radius 2 is 1.69 bits per heavy atom. The SMILES string of the molecule is CC(C)(C)c1ccc(COc2ccc(CNCCCN3CCCC3=O)cc2)cc1. The molecule has 0 radical (unpaired) electrons. The highest BCUT2D eigenvalue weighted by Gasteiger charge is 2.18. The summed E-state index contributed by atoms with van der Waals surface area (Å²) in [7, 11) is 0. The van der Waals surface area contributed by atoms with Gasteiger partial charge in [0.1, 0.15) is 12.4 Å². The van der Waals surface area contributed by atoms with Crippen LogP contribution in [0, 0.1) is 0 Å². The molecule has 1 saturated heterocycles. The molecule has 1 aliphatic rings. The fourth-order valence-electron chi connectivity index (χ4n) is 3.54. The highest BCUT2D eigenvalue weighted by Crippen LogP contribution is 2.22. The van der Waals surface area contributed by atoms with Gasteiger partial charge >= 0.3 is 0 Å². The molecule has 156 valence electrons. The fourth-order valence-corrected chi connectivity index (χ4v) is 3.54. The standard InChI is InChI=1S/C25H34N2O2/c1-25(2,3)22-11-7-21(8-12-22)19-29-23-13-9-20(10-14-23)18-26-15-5-17-27-16-4-6-24(27)28/h7-14,26H,4-6,15-19H2,1-3H3. The van der Waals surface area contributed by atoms with Crippen LogP contribution in [0.3, 0.4) is 0 Å². The molecule has 1 heterocycles. The van der Waals surface area contributed by atoms with Crippen LogP contribution in [0.1, 0.15) is 56.7 Å². The van der Waals surface area contributed by atoms with Gasteiger partial charge in [-0.2, -0.15) is 0 Å². The molecule has 0 spiro atoms. The highest BCUT2D eigenvalue weighted by molar-refractivity contribution is 5.77. The first kappa shape index (κ1) is 21.4. The number of rotatable bonds is 9. The minimum absolute atomic E-state index is 0.175. The largest absolute Gasteiger partial charge is 0.489 e. The van der Waals surface area contributed by atoms with Crippen molar-refractivity contribution in [2.24, 2.45) is 0 Å². The van der Waals surface area contributed by atoms with Gasteiger partial charge in [-0.15, -0.1) is 0 Å². The Hall–Kier alpha value is -2.33. The first-order valence-electron chi connectivity index (χ1n) is 10.7. The van der Waals surface area contributed by atoms with Crippen LogP contribution < -0.4 is 10.1 Å². The number of carbonyl (C=O) groups is 1. The van der Waals surface area contributed by atoms with Crippen molar-refractivity contribution >= 4 is 5.91 Å². The molecule has 29 heavy (non-hydrogen) atoms. The van der Waals surface area contributed by atoms with E-state index in [1.807, 2.05) is 17.0 Å². The third kappa shape index (κ3) is 6.60. The lowest BCUT2D eigenvalue weighted by molar-refractivity contribution is -0.127. The molecule has 1 fully saturated rings. The van der Waals surface area contributed by atoms with E-state index in [1.54, 1.807) is 0 Å². The molecule has 0 atom stereocenters. The van der Waals surface area contributed by atoms with Crippen molar-refractivity contribution < 1.29 is 9.53 Å². The predicted molar refractivity (Wildman–Crippen MR) is 118 cm³/mol. The molecule has 1 N–H and O–H groups in total. The van der Waals surface area contributed by atoms with Gasteiger partial charge in [0.05, 0.1) is 0 Å². The number of hydrogen-bond donors (Lipinski definition) is 1. The van der Waals surface area contributed by atoms with Crippen LogP contribution in [0.2, 0.25) is 0 Å². The molecule has 0 aliphatic carbocycles. The van der Waals surface area contributed by atoms with E-state index in [0.717, 1.165) is 51.2 Å². The van der Waals surface area contributed by atoms with Gasteiger partial charge in [0.25, 0.3) is 0 Å². The molecule has 3 rings (SSSR count). The van der Waals surface area contributed by atoms with Crippen molar-refractivity contribution in [3.05, 3.63) is 65.2 Å². The van der Waals surface area contributed by atoms with Crippen molar-refractivity contribution in [3.63, 3.8) is 0 Å². The smallest absolute Gasteiger partial charge is 0.222 e. The van der Waals surface area contributed by atoms with Crippen LogP contribution >= 0.6 is 0 Å². The van der Waals surface area contributed by atoms with Crippen LogP contribution in [0.15, 0.2) is 48.5 Å². The summed E-state index contributed by atoms with van der Waals surface area (Å²) in [6.07, 6.45) is 2.74. The number of nitrogens with zero attached hydrogens (tertiary/aromatic N) is 1. The topological polar surface area (TPSA) is 41.6 Å². The summed E-state index contributed by atoms with van der Waals surface area (Å²) in [4.78, 5) is 13.6. The van der Waals surface area contributed by atoms with Gasteiger partial charge in [0, 0.05) is 26.1 Å².